The number of fused-ring (bicyclic) bond motifs is 1. The molecule has 0 fully saturated rings. The van der Waals surface area contributed by atoms with E-state index in [2.05, 4.69) is 30.6 Å². The molecular formula is C26H28N6O6S. The van der Waals surface area contributed by atoms with Crippen molar-refractivity contribution in [1.82, 2.24) is 25.7 Å². The number of benzene rings is 2. The van der Waals surface area contributed by atoms with Gasteiger partial charge in [0.1, 0.15) is 10.9 Å². The molecule has 1 aliphatic heterocycles. The SMILES string of the molecule is O=C(CCc1ccc(C(=O)NCC(NS(=O)(=O)c2cccc3cccnc23)C(=O)O)cc1)NC1=NCCCN1. The largest absolute Gasteiger partial charge is 0.480 e. The number of aliphatic imine (C=N–C) groups is 1. The Hall–Kier alpha value is -4.36. The molecule has 5 N–H and O–H groups in total. The zero-order valence-electron chi connectivity index (χ0n) is 20.9. The molecule has 3 aromatic rings. The summed E-state index contributed by atoms with van der Waals surface area (Å²) in [6.45, 7) is 0.960. The highest BCUT2D eigenvalue weighted by atomic mass is 32.2. The molecule has 0 saturated heterocycles. The Labute approximate surface area is 225 Å². The van der Waals surface area contributed by atoms with Crippen LogP contribution >= 0.6 is 0 Å². The van der Waals surface area contributed by atoms with E-state index in [0.717, 1.165) is 18.5 Å². The number of sulfonamides is 1. The van der Waals surface area contributed by atoms with Crippen LogP contribution in [0.5, 0.6) is 0 Å². The first-order chi connectivity index (χ1) is 18.7. The van der Waals surface area contributed by atoms with Gasteiger partial charge in [0.25, 0.3) is 5.91 Å². The van der Waals surface area contributed by atoms with Gasteiger partial charge >= 0.3 is 5.97 Å². The summed E-state index contributed by atoms with van der Waals surface area (Å²) in [6, 6.07) is 12.8. The number of aryl methyl sites for hydroxylation is 1. The molecule has 2 heterocycles. The molecule has 1 atom stereocenters. The Bertz CT molecular complexity index is 1500. The summed E-state index contributed by atoms with van der Waals surface area (Å²) < 4.78 is 28.1. The predicted octanol–water partition coefficient (Wildman–Crippen LogP) is 0.794. The Morgan fingerprint density at radius 1 is 1.05 bits per heavy atom. The number of rotatable bonds is 10. The van der Waals surface area contributed by atoms with Crippen molar-refractivity contribution < 1.29 is 27.9 Å². The summed E-state index contributed by atoms with van der Waals surface area (Å²) in [5, 5.41) is 18.4. The van der Waals surface area contributed by atoms with Crippen LogP contribution in [-0.2, 0) is 26.0 Å². The number of aliphatic carboxylic acids is 1. The highest BCUT2D eigenvalue weighted by Crippen LogP contribution is 2.20. The van der Waals surface area contributed by atoms with Gasteiger partial charge in [-0.1, -0.05) is 30.3 Å². The van der Waals surface area contributed by atoms with Gasteiger partial charge in [0.15, 0.2) is 5.96 Å². The minimum absolute atomic E-state index is 0.162. The molecule has 0 bridgehead atoms. The Morgan fingerprint density at radius 2 is 1.82 bits per heavy atom. The average molecular weight is 553 g/mol. The second-order valence-electron chi connectivity index (χ2n) is 8.81. The van der Waals surface area contributed by atoms with Crippen LogP contribution in [0.1, 0.15) is 28.8 Å². The van der Waals surface area contributed by atoms with Crippen LogP contribution in [0, 0.1) is 0 Å². The van der Waals surface area contributed by atoms with Crippen molar-refractivity contribution in [3.8, 4) is 0 Å². The van der Waals surface area contributed by atoms with E-state index in [1.165, 1.54) is 18.3 Å². The van der Waals surface area contributed by atoms with Gasteiger partial charge in [-0.2, -0.15) is 4.72 Å². The molecule has 0 spiro atoms. The van der Waals surface area contributed by atoms with Crippen LogP contribution in [0.25, 0.3) is 10.9 Å². The number of carboxylic acid groups (broad SMARTS) is 1. The van der Waals surface area contributed by atoms with E-state index in [9.17, 15) is 27.9 Å². The molecule has 2 amide bonds. The molecule has 39 heavy (non-hydrogen) atoms. The van der Waals surface area contributed by atoms with Crippen LogP contribution in [0.3, 0.4) is 0 Å². The van der Waals surface area contributed by atoms with Crippen LogP contribution in [0.15, 0.2) is 70.7 Å². The van der Waals surface area contributed by atoms with Gasteiger partial charge in [-0.15, -0.1) is 0 Å². The van der Waals surface area contributed by atoms with Crippen molar-refractivity contribution in [2.45, 2.75) is 30.2 Å². The van der Waals surface area contributed by atoms with Gasteiger partial charge in [0.05, 0.1) is 5.52 Å². The highest BCUT2D eigenvalue weighted by Gasteiger charge is 2.27. The third-order valence-electron chi connectivity index (χ3n) is 5.96. The lowest BCUT2D eigenvalue weighted by Crippen LogP contribution is -2.48. The standard InChI is InChI=1S/C26H28N6O6S/c33-22(31-26-28-14-3-15-29-26)12-9-17-7-10-19(11-8-17)24(34)30-16-20(25(35)36)32-39(37,38)21-6-1-4-18-5-2-13-27-23(18)21/h1-2,4-8,10-11,13,20,32H,3,9,12,14-16H2,(H,30,34)(H,35,36)(H2,28,29,31,33). The van der Waals surface area contributed by atoms with Crippen LogP contribution < -0.4 is 20.7 Å². The van der Waals surface area contributed by atoms with E-state index in [1.54, 1.807) is 42.5 Å². The fraction of sp³-hybridized carbons (Fsp3) is 0.269. The molecule has 1 aliphatic rings. The molecular weight excluding hydrogens is 524 g/mol. The lowest BCUT2D eigenvalue weighted by atomic mass is 10.1. The van der Waals surface area contributed by atoms with E-state index in [1.807, 2.05) is 0 Å². The number of carbonyl (C=O) groups is 3. The quantitative estimate of drug-likeness (QED) is 0.245. The maximum Gasteiger partial charge on any atom is 0.323 e. The number of hydrogen-bond donors (Lipinski definition) is 5. The first-order valence-electron chi connectivity index (χ1n) is 12.3. The van der Waals surface area contributed by atoms with Crippen molar-refractivity contribution >= 4 is 44.7 Å². The summed E-state index contributed by atoms with van der Waals surface area (Å²) in [5.41, 5.74) is 1.30. The van der Waals surface area contributed by atoms with Crippen LogP contribution in [-0.4, -0.2) is 67.9 Å². The molecule has 0 aliphatic carbocycles. The monoisotopic (exact) mass is 552 g/mol. The van der Waals surface area contributed by atoms with E-state index in [4.69, 9.17) is 0 Å². The van der Waals surface area contributed by atoms with Gasteiger partial charge in [-0.3, -0.25) is 29.7 Å². The van der Waals surface area contributed by atoms with E-state index in [-0.39, 0.29) is 28.3 Å². The second kappa shape index (κ2) is 12.5. The summed E-state index contributed by atoms with van der Waals surface area (Å²) in [5.74, 6) is -1.71. The maximum atomic E-state index is 13.0. The lowest BCUT2D eigenvalue weighted by molar-refractivity contribution is -0.138. The normalized spacial score (nSPS) is 14.1. The number of amides is 2. The Kier molecular flexibility index (Phi) is 8.84. The average Bonchev–Trinajstić information content (AvgIpc) is 2.94. The number of guanidine groups is 1. The van der Waals surface area contributed by atoms with E-state index >= 15 is 0 Å². The number of hydrogen-bond acceptors (Lipinski definition) is 8. The molecule has 1 unspecified atom stereocenters. The van der Waals surface area contributed by atoms with Gasteiger partial charge in [-0.25, -0.2) is 8.42 Å². The zero-order chi connectivity index (χ0) is 27.8. The van der Waals surface area contributed by atoms with Crippen molar-refractivity contribution in [2.75, 3.05) is 19.6 Å². The first kappa shape index (κ1) is 27.7. The molecule has 13 heteroatoms. The first-order valence-corrected chi connectivity index (χ1v) is 13.8. The molecule has 12 nitrogen and oxygen atoms in total. The van der Waals surface area contributed by atoms with E-state index < -0.39 is 34.5 Å². The van der Waals surface area contributed by atoms with Crippen molar-refractivity contribution in [2.24, 2.45) is 4.99 Å². The molecule has 1 aromatic heterocycles. The third kappa shape index (κ3) is 7.36. The Morgan fingerprint density at radius 3 is 2.54 bits per heavy atom. The number of nitrogens with one attached hydrogen (secondary N) is 4. The van der Waals surface area contributed by atoms with Crippen molar-refractivity contribution in [3.63, 3.8) is 0 Å². The van der Waals surface area contributed by atoms with Gasteiger partial charge in [0.2, 0.25) is 15.9 Å². The summed E-state index contributed by atoms with van der Waals surface area (Å²) in [7, 11) is -4.26. The van der Waals surface area contributed by atoms with Crippen LogP contribution in [0.4, 0.5) is 0 Å². The molecule has 204 valence electrons. The summed E-state index contributed by atoms with van der Waals surface area (Å²) >= 11 is 0. The third-order valence-corrected chi connectivity index (χ3v) is 7.46. The minimum atomic E-state index is -4.26. The maximum absolute atomic E-state index is 13.0. The molecule has 0 saturated carbocycles. The van der Waals surface area contributed by atoms with E-state index in [0.29, 0.717) is 24.3 Å². The second-order valence-corrected chi connectivity index (χ2v) is 10.5. The highest BCUT2D eigenvalue weighted by molar-refractivity contribution is 7.89. The fourth-order valence-electron chi connectivity index (χ4n) is 3.91. The van der Waals surface area contributed by atoms with Crippen molar-refractivity contribution in [1.29, 1.82) is 0 Å². The molecule has 2 aromatic carbocycles. The minimum Gasteiger partial charge on any atom is -0.480 e. The number of pyridine rings is 1. The topological polar surface area (TPSA) is 179 Å². The lowest BCUT2D eigenvalue weighted by Gasteiger charge is -2.16. The smallest absolute Gasteiger partial charge is 0.323 e. The zero-order valence-corrected chi connectivity index (χ0v) is 21.7. The van der Waals surface area contributed by atoms with Gasteiger partial charge < -0.3 is 15.7 Å². The number of para-hydroxylation sites is 1. The van der Waals surface area contributed by atoms with Crippen molar-refractivity contribution in [3.05, 3.63) is 71.9 Å². The summed E-state index contributed by atoms with van der Waals surface area (Å²) in [6.07, 6.45) is 3.06. The van der Waals surface area contributed by atoms with Gasteiger partial charge in [-0.05, 0) is 42.7 Å². The number of nitrogens with zero attached hydrogens (tertiary/aromatic N) is 2. The molecule has 4 rings (SSSR count). The van der Waals surface area contributed by atoms with Crippen LogP contribution in [0.2, 0.25) is 0 Å². The Balaban J connectivity index is 1.32. The fourth-order valence-corrected chi connectivity index (χ4v) is 5.28. The molecule has 0 radical (unpaired) electrons. The predicted molar refractivity (Wildman–Crippen MR) is 144 cm³/mol. The number of carboxylic acids is 1. The number of carbonyl (C=O) groups excluding carboxylic acids is 2. The number of aromatic nitrogens is 1. The summed E-state index contributed by atoms with van der Waals surface area (Å²) in [4.78, 5) is 44.6. The van der Waals surface area contributed by atoms with Gasteiger partial charge in [0, 0.05) is 43.2 Å².